The van der Waals surface area contributed by atoms with E-state index in [1.165, 1.54) is 19.2 Å². The van der Waals surface area contributed by atoms with Gasteiger partial charge in [-0.3, -0.25) is 4.72 Å². The van der Waals surface area contributed by atoms with E-state index in [-0.39, 0.29) is 16.5 Å². The van der Waals surface area contributed by atoms with E-state index in [1.54, 1.807) is 18.3 Å². The Morgan fingerprint density at radius 2 is 2.04 bits per heavy atom. The molecule has 0 atom stereocenters. The quantitative estimate of drug-likeness (QED) is 0.751. The Kier molecular flexibility index (Phi) is 6.50. The molecule has 0 aliphatic heterocycles. The van der Waals surface area contributed by atoms with Crippen molar-refractivity contribution in [1.82, 2.24) is 4.98 Å². The average molecular weight is 384 g/mol. The van der Waals surface area contributed by atoms with Crippen LogP contribution in [0.3, 0.4) is 0 Å². The first kappa shape index (κ1) is 19.3. The van der Waals surface area contributed by atoms with Gasteiger partial charge in [0.15, 0.2) is 0 Å². The summed E-state index contributed by atoms with van der Waals surface area (Å²) in [6.07, 6.45) is 3.83. The maximum absolute atomic E-state index is 12.6. The van der Waals surface area contributed by atoms with Crippen molar-refractivity contribution in [1.29, 1.82) is 0 Å². The lowest BCUT2D eigenvalue weighted by molar-refractivity contribution is 0.403. The summed E-state index contributed by atoms with van der Waals surface area (Å²) in [5, 5.41) is 0.307. The summed E-state index contributed by atoms with van der Waals surface area (Å²) in [4.78, 5) is 6.24. The Morgan fingerprint density at radius 3 is 2.64 bits per heavy atom. The van der Waals surface area contributed by atoms with Crippen molar-refractivity contribution < 1.29 is 13.2 Å². The molecule has 0 amide bonds. The molecule has 136 valence electrons. The number of ether oxygens (including phenoxy) is 1. The summed E-state index contributed by atoms with van der Waals surface area (Å²) in [5.41, 5.74) is 0.928. The van der Waals surface area contributed by atoms with Crippen molar-refractivity contribution in [2.45, 2.75) is 24.7 Å². The molecule has 8 heteroatoms. The summed E-state index contributed by atoms with van der Waals surface area (Å²) < 4.78 is 32.7. The number of sulfonamides is 1. The van der Waals surface area contributed by atoms with Crippen molar-refractivity contribution in [3.8, 4) is 5.75 Å². The topological polar surface area (TPSA) is 71.5 Å². The number of hydrogen-bond acceptors (Lipinski definition) is 5. The number of nitrogens with zero attached hydrogens (tertiary/aromatic N) is 2. The number of aromatic nitrogens is 1. The van der Waals surface area contributed by atoms with Crippen LogP contribution in [0.25, 0.3) is 0 Å². The number of halogens is 1. The van der Waals surface area contributed by atoms with Gasteiger partial charge < -0.3 is 9.64 Å². The highest BCUT2D eigenvalue weighted by atomic mass is 35.5. The Hall–Kier alpha value is -1.99. The zero-order valence-electron chi connectivity index (χ0n) is 14.5. The lowest BCUT2D eigenvalue weighted by atomic mass is 10.3. The molecule has 1 aromatic heterocycles. The molecule has 1 heterocycles. The predicted octanol–water partition coefficient (Wildman–Crippen LogP) is 3.78. The molecule has 2 rings (SSSR count). The van der Waals surface area contributed by atoms with Gasteiger partial charge in [0.2, 0.25) is 0 Å². The molecular formula is C17H22ClN3O3S. The van der Waals surface area contributed by atoms with Crippen LogP contribution in [0.4, 0.5) is 11.5 Å². The molecule has 0 radical (unpaired) electrons. The highest BCUT2D eigenvalue weighted by Crippen LogP contribution is 2.28. The van der Waals surface area contributed by atoms with Crippen molar-refractivity contribution in [2.75, 3.05) is 30.3 Å². The number of methoxy groups -OCH3 is 1. The fraction of sp³-hybridized carbons (Fsp3) is 0.353. The molecule has 1 N–H and O–H groups in total. The lowest BCUT2D eigenvalue weighted by Gasteiger charge is -2.18. The number of benzene rings is 1. The van der Waals surface area contributed by atoms with Gasteiger partial charge in [-0.15, -0.1) is 0 Å². The first-order valence-corrected chi connectivity index (χ1v) is 9.77. The van der Waals surface area contributed by atoms with Crippen LogP contribution in [0.2, 0.25) is 5.02 Å². The van der Waals surface area contributed by atoms with E-state index in [1.807, 2.05) is 13.1 Å². The standard InChI is InChI=1S/C17H22ClN3O3S/c1-4-5-10-21(2)14-7-9-17(19-12-14)20-25(22,23)16-11-13(18)6-8-15(16)24-3/h6-9,11-12H,4-5,10H2,1-3H3,(H,19,20). The third-order valence-corrected chi connectivity index (χ3v) is 5.30. The number of nitrogens with one attached hydrogen (secondary N) is 1. The normalized spacial score (nSPS) is 11.2. The van der Waals surface area contributed by atoms with Gasteiger partial charge in [-0.25, -0.2) is 13.4 Å². The van der Waals surface area contributed by atoms with Gasteiger partial charge in [0.25, 0.3) is 10.0 Å². The van der Waals surface area contributed by atoms with E-state index < -0.39 is 10.0 Å². The maximum Gasteiger partial charge on any atom is 0.266 e. The molecular weight excluding hydrogens is 362 g/mol. The molecule has 0 unspecified atom stereocenters. The van der Waals surface area contributed by atoms with Crippen LogP contribution in [-0.4, -0.2) is 34.1 Å². The fourth-order valence-electron chi connectivity index (χ4n) is 2.25. The minimum absolute atomic E-state index is 0.0339. The zero-order chi connectivity index (χ0) is 18.4. The number of pyridine rings is 1. The molecule has 0 fully saturated rings. The van der Waals surface area contributed by atoms with Crippen LogP contribution >= 0.6 is 11.6 Å². The number of hydrogen-bond donors (Lipinski definition) is 1. The van der Waals surface area contributed by atoms with Gasteiger partial charge in [-0.1, -0.05) is 24.9 Å². The molecule has 25 heavy (non-hydrogen) atoms. The zero-order valence-corrected chi connectivity index (χ0v) is 16.1. The van der Waals surface area contributed by atoms with Crippen LogP contribution in [0.1, 0.15) is 19.8 Å². The monoisotopic (exact) mass is 383 g/mol. The molecule has 2 aromatic rings. The molecule has 0 spiro atoms. The van der Waals surface area contributed by atoms with E-state index in [4.69, 9.17) is 16.3 Å². The summed E-state index contributed by atoms with van der Waals surface area (Å²) >= 11 is 5.91. The van der Waals surface area contributed by atoms with Crippen LogP contribution in [0.15, 0.2) is 41.4 Å². The second-order valence-corrected chi connectivity index (χ2v) is 7.66. The Labute approximate surface area is 153 Å². The summed E-state index contributed by atoms with van der Waals surface area (Å²) in [5.74, 6) is 0.447. The lowest BCUT2D eigenvalue weighted by Crippen LogP contribution is -2.19. The highest BCUT2D eigenvalue weighted by Gasteiger charge is 2.20. The van der Waals surface area contributed by atoms with Gasteiger partial charge in [0.1, 0.15) is 16.5 Å². The third-order valence-electron chi connectivity index (χ3n) is 3.69. The van der Waals surface area contributed by atoms with Gasteiger partial charge >= 0.3 is 0 Å². The molecule has 0 aliphatic carbocycles. The van der Waals surface area contributed by atoms with Crippen molar-refractivity contribution in [3.63, 3.8) is 0 Å². The van der Waals surface area contributed by atoms with E-state index in [0.29, 0.717) is 5.02 Å². The first-order chi connectivity index (χ1) is 11.9. The van der Waals surface area contributed by atoms with Gasteiger partial charge in [-0.2, -0.15) is 0 Å². The SMILES string of the molecule is CCCCN(C)c1ccc(NS(=O)(=O)c2cc(Cl)ccc2OC)nc1. The molecule has 1 aromatic carbocycles. The third kappa shape index (κ3) is 4.99. The fourth-order valence-corrected chi connectivity index (χ4v) is 3.69. The molecule has 0 aliphatic rings. The predicted molar refractivity (Wildman–Crippen MR) is 101 cm³/mol. The number of anilines is 2. The summed E-state index contributed by atoms with van der Waals surface area (Å²) in [6.45, 7) is 3.05. The van der Waals surface area contributed by atoms with Gasteiger partial charge in [-0.05, 0) is 36.8 Å². The van der Waals surface area contributed by atoms with E-state index in [0.717, 1.165) is 25.1 Å². The Bertz CT molecular complexity index is 810. The minimum Gasteiger partial charge on any atom is -0.495 e. The number of unbranched alkanes of at least 4 members (excludes halogenated alkanes) is 1. The van der Waals surface area contributed by atoms with E-state index in [2.05, 4.69) is 21.5 Å². The Balaban J connectivity index is 2.20. The largest absolute Gasteiger partial charge is 0.495 e. The van der Waals surface area contributed by atoms with Crippen LogP contribution in [0.5, 0.6) is 5.75 Å². The smallest absolute Gasteiger partial charge is 0.266 e. The van der Waals surface area contributed by atoms with Crippen LogP contribution in [0, 0.1) is 0 Å². The molecule has 0 saturated carbocycles. The second kappa shape index (κ2) is 8.40. The van der Waals surface area contributed by atoms with Crippen molar-refractivity contribution in [2.24, 2.45) is 0 Å². The Morgan fingerprint density at radius 1 is 1.28 bits per heavy atom. The average Bonchev–Trinajstić information content (AvgIpc) is 2.60. The highest BCUT2D eigenvalue weighted by molar-refractivity contribution is 7.92. The second-order valence-electron chi connectivity index (χ2n) is 5.58. The summed E-state index contributed by atoms with van der Waals surface area (Å²) in [7, 11) is -0.478. The molecule has 6 nitrogen and oxygen atoms in total. The van der Waals surface area contributed by atoms with E-state index >= 15 is 0 Å². The van der Waals surface area contributed by atoms with Crippen LogP contribution < -0.4 is 14.4 Å². The van der Waals surface area contributed by atoms with Crippen molar-refractivity contribution in [3.05, 3.63) is 41.6 Å². The van der Waals surface area contributed by atoms with Gasteiger partial charge in [0.05, 0.1) is 19.0 Å². The molecule has 0 bridgehead atoms. The first-order valence-electron chi connectivity index (χ1n) is 7.91. The van der Waals surface area contributed by atoms with Crippen LogP contribution in [-0.2, 0) is 10.0 Å². The minimum atomic E-state index is -3.86. The molecule has 0 saturated heterocycles. The van der Waals surface area contributed by atoms with Crippen molar-refractivity contribution >= 4 is 33.1 Å². The van der Waals surface area contributed by atoms with E-state index in [9.17, 15) is 8.42 Å². The maximum atomic E-state index is 12.6. The number of rotatable bonds is 8. The summed E-state index contributed by atoms with van der Waals surface area (Å²) in [6, 6.07) is 7.88. The van der Waals surface area contributed by atoms with Gasteiger partial charge in [0, 0.05) is 18.6 Å².